The van der Waals surface area contributed by atoms with Crippen LogP contribution in [0.1, 0.15) is 0 Å². The zero-order valence-corrected chi connectivity index (χ0v) is 6.15. The Kier molecular flexibility index (Phi) is 3.28. The highest BCUT2D eigenvalue weighted by Gasteiger charge is 2.15. The SMILES string of the molecule is O=C1CN(CCO)CCOO1. The molecule has 0 amide bonds. The van der Waals surface area contributed by atoms with Crippen molar-refractivity contribution in [1.82, 2.24) is 4.90 Å². The minimum absolute atomic E-state index is 0.0489. The van der Waals surface area contributed by atoms with Crippen LogP contribution in [-0.4, -0.2) is 48.8 Å². The van der Waals surface area contributed by atoms with Gasteiger partial charge in [0, 0.05) is 13.1 Å². The van der Waals surface area contributed by atoms with Crippen LogP contribution in [0, 0.1) is 0 Å². The minimum atomic E-state index is -0.407. The van der Waals surface area contributed by atoms with Gasteiger partial charge in [-0.2, -0.15) is 4.89 Å². The van der Waals surface area contributed by atoms with Crippen molar-refractivity contribution >= 4 is 5.97 Å². The molecule has 64 valence electrons. The Morgan fingerprint density at radius 1 is 1.64 bits per heavy atom. The highest BCUT2D eigenvalue weighted by molar-refractivity contribution is 5.71. The lowest BCUT2D eigenvalue weighted by atomic mass is 10.4. The summed E-state index contributed by atoms with van der Waals surface area (Å²) in [5.41, 5.74) is 0. The van der Waals surface area contributed by atoms with Crippen molar-refractivity contribution in [1.29, 1.82) is 0 Å². The largest absolute Gasteiger partial charge is 0.395 e. The van der Waals surface area contributed by atoms with Gasteiger partial charge >= 0.3 is 5.97 Å². The van der Waals surface area contributed by atoms with E-state index in [-0.39, 0.29) is 13.2 Å². The van der Waals surface area contributed by atoms with Gasteiger partial charge in [0.2, 0.25) is 0 Å². The second-order valence-electron chi connectivity index (χ2n) is 2.28. The van der Waals surface area contributed by atoms with E-state index in [0.29, 0.717) is 19.7 Å². The van der Waals surface area contributed by atoms with E-state index in [1.54, 1.807) is 4.90 Å². The molecule has 1 heterocycles. The topological polar surface area (TPSA) is 59.0 Å². The van der Waals surface area contributed by atoms with Gasteiger partial charge in [-0.1, -0.05) is 0 Å². The van der Waals surface area contributed by atoms with Gasteiger partial charge in [0.1, 0.15) is 13.2 Å². The maximum Gasteiger partial charge on any atom is 0.356 e. The van der Waals surface area contributed by atoms with Gasteiger partial charge in [-0.15, -0.1) is 0 Å². The van der Waals surface area contributed by atoms with E-state index in [1.165, 1.54) is 0 Å². The third kappa shape index (κ3) is 2.83. The summed E-state index contributed by atoms with van der Waals surface area (Å²) in [5.74, 6) is -0.407. The molecule has 1 fully saturated rings. The van der Waals surface area contributed by atoms with Crippen LogP contribution in [0.3, 0.4) is 0 Å². The summed E-state index contributed by atoms with van der Waals surface area (Å²) in [4.78, 5) is 21.3. The van der Waals surface area contributed by atoms with Gasteiger partial charge in [-0.25, -0.2) is 4.79 Å². The van der Waals surface area contributed by atoms with E-state index >= 15 is 0 Å². The quantitative estimate of drug-likeness (QED) is 0.514. The molecule has 0 aromatic heterocycles. The molecule has 0 aliphatic carbocycles. The monoisotopic (exact) mass is 161 g/mol. The molecule has 0 spiro atoms. The van der Waals surface area contributed by atoms with Crippen molar-refractivity contribution in [3.63, 3.8) is 0 Å². The van der Waals surface area contributed by atoms with Gasteiger partial charge < -0.3 is 5.11 Å². The predicted molar refractivity (Wildman–Crippen MR) is 35.6 cm³/mol. The molecule has 0 unspecified atom stereocenters. The highest BCUT2D eigenvalue weighted by atomic mass is 17.2. The van der Waals surface area contributed by atoms with Crippen LogP contribution in [0.2, 0.25) is 0 Å². The van der Waals surface area contributed by atoms with Gasteiger partial charge in [-0.05, 0) is 0 Å². The summed E-state index contributed by atoms with van der Waals surface area (Å²) in [6.07, 6.45) is 0. The molecule has 1 rings (SSSR count). The van der Waals surface area contributed by atoms with Crippen LogP contribution in [0.25, 0.3) is 0 Å². The van der Waals surface area contributed by atoms with Crippen LogP contribution in [-0.2, 0) is 14.6 Å². The van der Waals surface area contributed by atoms with Gasteiger partial charge in [-0.3, -0.25) is 9.79 Å². The first kappa shape index (κ1) is 8.45. The Hall–Kier alpha value is -0.650. The van der Waals surface area contributed by atoms with Crippen molar-refractivity contribution in [3.05, 3.63) is 0 Å². The Bertz CT molecular complexity index is 139. The van der Waals surface area contributed by atoms with Crippen molar-refractivity contribution in [3.8, 4) is 0 Å². The Morgan fingerprint density at radius 2 is 2.45 bits per heavy atom. The van der Waals surface area contributed by atoms with E-state index in [0.717, 1.165) is 0 Å². The smallest absolute Gasteiger partial charge is 0.356 e. The molecule has 0 aromatic rings. The molecule has 1 aliphatic heterocycles. The fourth-order valence-corrected chi connectivity index (χ4v) is 0.894. The molecule has 11 heavy (non-hydrogen) atoms. The zero-order valence-electron chi connectivity index (χ0n) is 6.15. The first-order chi connectivity index (χ1) is 5.33. The Morgan fingerprint density at radius 3 is 3.18 bits per heavy atom. The molecule has 1 N–H and O–H groups in total. The number of aliphatic hydroxyl groups excluding tert-OH is 1. The molecule has 0 saturated carbocycles. The Balaban J connectivity index is 2.33. The molecule has 0 atom stereocenters. The van der Waals surface area contributed by atoms with E-state index in [9.17, 15) is 4.79 Å². The Labute approximate surface area is 64.4 Å². The van der Waals surface area contributed by atoms with Crippen LogP contribution in [0.4, 0.5) is 0 Å². The van der Waals surface area contributed by atoms with Crippen LogP contribution < -0.4 is 0 Å². The van der Waals surface area contributed by atoms with Crippen molar-refractivity contribution in [2.24, 2.45) is 0 Å². The van der Waals surface area contributed by atoms with E-state index in [1.807, 2.05) is 0 Å². The van der Waals surface area contributed by atoms with Gasteiger partial charge in [0.25, 0.3) is 0 Å². The fraction of sp³-hybridized carbons (Fsp3) is 0.833. The summed E-state index contributed by atoms with van der Waals surface area (Å²) < 4.78 is 0. The number of rotatable bonds is 2. The third-order valence-electron chi connectivity index (χ3n) is 1.41. The molecular weight excluding hydrogens is 150 g/mol. The maximum atomic E-state index is 10.7. The number of aliphatic hydroxyl groups is 1. The molecule has 5 heteroatoms. The zero-order chi connectivity index (χ0) is 8.10. The van der Waals surface area contributed by atoms with Crippen LogP contribution in [0.5, 0.6) is 0 Å². The predicted octanol–water partition coefficient (Wildman–Crippen LogP) is -1.23. The normalized spacial score (nSPS) is 21.0. The maximum absolute atomic E-state index is 10.7. The van der Waals surface area contributed by atoms with Crippen molar-refractivity contribution < 1.29 is 19.7 Å². The second-order valence-corrected chi connectivity index (χ2v) is 2.28. The lowest BCUT2D eigenvalue weighted by Crippen LogP contribution is -2.32. The molecule has 0 aromatic carbocycles. The standard InChI is InChI=1S/C6H11NO4/c8-3-1-7-2-4-10-11-6(9)5-7/h8H,1-5H2. The van der Waals surface area contributed by atoms with Crippen LogP contribution >= 0.6 is 0 Å². The van der Waals surface area contributed by atoms with E-state index < -0.39 is 5.97 Å². The summed E-state index contributed by atoms with van der Waals surface area (Å²) in [6, 6.07) is 0. The lowest BCUT2D eigenvalue weighted by molar-refractivity contribution is -0.265. The van der Waals surface area contributed by atoms with E-state index in [4.69, 9.17) is 5.11 Å². The molecule has 5 nitrogen and oxygen atoms in total. The minimum Gasteiger partial charge on any atom is -0.395 e. The first-order valence-corrected chi connectivity index (χ1v) is 3.48. The number of hydrogen-bond acceptors (Lipinski definition) is 5. The molecule has 0 bridgehead atoms. The summed E-state index contributed by atoms with van der Waals surface area (Å²) in [5, 5.41) is 8.56. The van der Waals surface area contributed by atoms with Gasteiger partial charge in [0.05, 0.1) is 6.61 Å². The van der Waals surface area contributed by atoms with Crippen molar-refractivity contribution in [2.75, 3.05) is 32.8 Å². The van der Waals surface area contributed by atoms with E-state index in [2.05, 4.69) is 9.78 Å². The lowest BCUT2D eigenvalue weighted by Gasteiger charge is -2.13. The average Bonchev–Trinajstić information content (AvgIpc) is 2.15. The molecule has 0 radical (unpaired) electrons. The summed E-state index contributed by atoms with van der Waals surface area (Å²) in [6.45, 7) is 1.71. The highest BCUT2D eigenvalue weighted by Crippen LogP contribution is 1.96. The number of carbonyl (C=O) groups excluding carboxylic acids is 1. The summed E-state index contributed by atoms with van der Waals surface area (Å²) in [7, 11) is 0. The van der Waals surface area contributed by atoms with Crippen molar-refractivity contribution in [2.45, 2.75) is 0 Å². The second kappa shape index (κ2) is 4.27. The summed E-state index contributed by atoms with van der Waals surface area (Å²) >= 11 is 0. The number of carbonyl (C=O) groups is 1. The third-order valence-corrected chi connectivity index (χ3v) is 1.41. The number of β-amino-alcohol motifs (C(OH)–C–C–N with tert-alkyl or cyclic N) is 1. The van der Waals surface area contributed by atoms with Gasteiger partial charge in [0.15, 0.2) is 0 Å². The average molecular weight is 161 g/mol. The number of nitrogens with zero attached hydrogens (tertiary/aromatic N) is 1. The molecule has 1 aliphatic rings. The van der Waals surface area contributed by atoms with Crippen LogP contribution in [0.15, 0.2) is 0 Å². The fourth-order valence-electron chi connectivity index (χ4n) is 0.894. The molecule has 1 saturated heterocycles. The first-order valence-electron chi connectivity index (χ1n) is 3.48. The number of hydrogen-bond donors (Lipinski definition) is 1. The molecular formula is C6H11NO4.